The van der Waals surface area contributed by atoms with Gasteiger partial charge in [-0.15, -0.1) is 0 Å². The Labute approximate surface area is 161 Å². The van der Waals surface area contributed by atoms with E-state index in [-0.39, 0.29) is 30.1 Å². The molecule has 4 saturated heterocycles. The lowest BCUT2D eigenvalue weighted by atomic mass is 9.40. The molecule has 6 heterocycles. The van der Waals surface area contributed by atoms with E-state index in [2.05, 4.69) is 6.92 Å². The zero-order valence-corrected chi connectivity index (χ0v) is 15.8. The summed E-state index contributed by atoms with van der Waals surface area (Å²) in [6.45, 7) is 2.12. The van der Waals surface area contributed by atoms with E-state index in [1.165, 1.54) is 7.11 Å². The lowest BCUT2D eigenvalue weighted by Gasteiger charge is -2.73. The van der Waals surface area contributed by atoms with Gasteiger partial charge in [-0.3, -0.25) is 0 Å². The first-order valence-corrected chi connectivity index (χ1v) is 9.82. The number of methoxy groups -OCH3 is 1. The van der Waals surface area contributed by atoms with Crippen molar-refractivity contribution < 1.29 is 33.0 Å². The fourth-order valence-corrected chi connectivity index (χ4v) is 6.77. The smallest absolute Gasteiger partial charge is 0.339 e. The largest absolute Gasteiger partial charge is 0.472 e. The minimum atomic E-state index is -1.03. The monoisotopic (exact) mass is 386 g/mol. The summed E-state index contributed by atoms with van der Waals surface area (Å²) in [7, 11) is 1.40. The van der Waals surface area contributed by atoms with E-state index < -0.39 is 22.7 Å². The van der Waals surface area contributed by atoms with Crippen LogP contribution in [0.15, 0.2) is 34.7 Å². The molecule has 0 amide bonds. The summed E-state index contributed by atoms with van der Waals surface area (Å²) in [5, 5.41) is 0. The molecule has 5 fully saturated rings. The number of carbonyl (C=O) groups excluding carboxylic acids is 2. The topological polar surface area (TPSA) is 84.2 Å². The zero-order chi connectivity index (χ0) is 19.3. The molecule has 0 radical (unpaired) electrons. The fraction of sp³-hybridized carbons (Fsp3) is 0.619. The number of carbonyl (C=O) groups is 2. The summed E-state index contributed by atoms with van der Waals surface area (Å²) in [4.78, 5) is 25.9. The first kappa shape index (κ1) is 16.8. The van der Waals surface area contributed by atoms with Gasteiger partial charge in [0.25, 0.3) is 0 Å². The lowest BCUT2D eigenvalue weighted by Crippen LogP contribution is -2.79. The van der Waals surface area contributed by atoms with E-state index in [4.69, 9.17) is 23.4 Å². The summed E-state index contributed by atoms with van der Waals surface area (Å²) in [6, 6.07) is 1.83. The van der Waals surface area contributed by atoms with E-state index in [1.807, 2.05) is 12.1 Å². The lowest BCUT2D eigenvalue weighted by molar-refractivity contribution is -0.414. The Kier molecular flexibility index (Phi) is 3.04. The highest BCUT2D eigenvalue weighted by Gasteiger charge is 2.80. The van der Waals surface area contributed by atoms with E-state index in [0.717, 1.165) is 12.0 Å². The number of cyclic esters (lactones) is 1. The second-order valence-corrected chi connectivity index (χ2v) is 8.92. The van der Waals surface area contributed by atoms with Crippen LogP contribution in [0.4, 0.5) is 0 Å². The predicted molar refractivity (Wildman–Crippen MR) is 92.6 cm³/mol. The summed E-state index contributed by atoms with van der Waals surface area (Å²) >= 11 is 0. The summed E-state index contributed by atoms with van der Waals surface area (Å²) in [6.07, 6.45) is 6.46. The number of hydrogen-bond acceptors (Lipinski definition) is 7. The average Bonchev–Trinajstić information content (AvgIpc) is 3.24. The molecule has 7 unspecified atom stereocenters. The molecule has 2 spiro atoms. The molecule has 0 aromatic carbocycles. The molecule has 28 heavy (non-hydrogen) atoms. The van der Waals surface area contributed by atoms with Gasteiger partial charge in [-0.1, -0.05) is 6.92 Å². The van der Waals surface area contributed by atoms with Gasteiger partial charge in [0.05, 0.1) is 31.2 Å². The van der Waals surface area contributed by atoms with Crippen LogP contribution in [0.25, 0.3) is 0 Å². The van der Waals surface area contributed by atoms with Crippen LogP contribution in [0, 0.1) is 16.7 Å². The van der Waals surface area contributed by atoms with E-state index in [0.29, 0.717) is 24.8 Å². The SMILES string of the molecule is COC(=O)C1=CC2CC3C14CCC1(OC4O2)C(=O)OC(c2ccoc2)CC31C. The first-order chi connectivity index (χ1) is 13.4. The second kappa shape index (κ2) is 5.07. The third kappa shape index (κ3) is 1.66. The molecule has 1 aromatic rings. The van der Waals surface area contributed by atoms with Crippen LogP contribution in [0.2, 0.25) is 0 Å². The van der Waals surface area contributed by atoms with Crippen molar-refractivity contribution in [3.63, 3.8) is 0 Å². The minimum Gasteiger partial charge on any atom is -0.472 e. The standard InChI is InChI=1S/C21H22O7/c1-19-9-14(11-3-6-25-10-11)27-17(23)21(19)5-4-20-13(16(22)24-2)7-12(8-15(19)20)26-18(20)28-21/h3,6-7,10,12,14-15,18H,4-5,8-9H2,1-2H3. The van der Waals surface area contributed by atoms with Crippen LogP contribution in [0.5, 0.6) is 0 Å². The molecule has 8 rings (SSSR count). The highest BCUT2D eigenvalue weighted by Crippen LogP contribution is 2.74. The first-order valence-electron chi connectivity index (χ1n) is 9.82. The van der Waals surface area contributed by atoms with Crippen LogP contribution >= 0.6 is 0 Å². The third-order valence-corrected chi connectivity index (χ3v) is 8.06. The molecule has 7 aliphatic rings. The molecule has 7 heteroatoms. The maximum Gasteiger partial charge on any atom is 0.339 e. The van der Waals surface area contributed by atoms with Crippen molar-refractivity contribution in [3.8, 4) is 0 Å². The number of esters is 2. The Bertz CT molecular complexity index is 904. The Hall–Kier alpha value is -2.12. The van der Waals surface area contributed by atoms with Crippen molar-refractivity contribution in [2.45, 2.75) is 56.7 Å². The van der Waals surface area contributed by atoms with Crippen LogP contribution < -0.4 is 0 Å². The summed E-state index contributed by atoms with van der Waals surface area (Å²) in [5.41, 5.74) is -0.582. The molecule has 7 nitrogen and oxygen atoms in total. The minimum absolute atomic E-state index is 0.0765. The van der Waals surface area contributed by atoms with Gasteiger partial charge >= 0.3 is 11.9 Å². The molecule has 1 saturated carbocycles. The zero-order valence-electron chi connectivity index (χ0n) is 15.8. The quantitative estimate of drug-likeness (QED) is 0.723. The number of furan rings is 1. The predicted octanol–water partition coefficient (Wildman–Crippen LogP) is 2.67. The number of rotatable bonds is 2. The molecule has 7 atom stereocenters. The van der Waals surface area contributed by atoms with Gasteiger partial charge in [0.2, 0.25) is 0 Å². The molecular formula is C21H22O7. The Balaban J connectivity index is 1.50. The summed E-state index contributed by atoms with van der Waals surface area (Å²) in [5.74, 6) is -0.580. The fourth-order valence-electron chi connectivity index (χ4n) is 6.77. The summed E-state index contributed by atoms with van der Waals surface area (Å²) < 4.78 is 28.7. The van der Waals surface area contributed by atoms with Crippen LogP contribution in [-0.2, 0) is 28.5 Å². The van der Waals surface area contributed by atoms with Gasteiger partial charge in [-0.05, 0) is 43.7 Å². The van der Waals surface area contributed by atoms with Crippen molar-refractivity contribution in [2.75, 3.05) is 7.11 Å². The maximum absolute atomic E-state index is 13.3. The van der Waals surface area contributed by atoms with Gasteiger partial charge in [0, 0.05) is 16.6 Å². The second-order valence-electron chi connectivity index (χ2n) is 8.92. The van der Waals surface area contributed by atoms with E-state index >= 15 is 0 Å². The Morgan fingerprint density at radius 2 is 2.18 bits per heavy atom. The van der Waals surface area contributed by atoms with Gasteiger partial charge in [0.1, 0.15) is 6.10 Å². The van der Waals surface area contributed by atoms with Crippen molar-refractivity contribution in [1.82, 2.24) is 0 Å². The molecular weight excluding hydrogens is 364 g/mol. The van der Waals surface area contributed by atoms with Crippen LogP contribution in [0.3, 0.4) is 0 Å². The molecule has 0 N–H and O–H groups in total. The van der Waals surface area contributed by atoms with E-state index in [1.54, 1.807) is 12.5 Å². The Morgan fingerprint density at radius 3 is 2.93 bits per heavy atom. The highest BCUT2D eigenvalue weighted by molar-refractivity contribution is 5.92. The van der Waals surface area contributed by atoms with Crippen molar-refractivity contribution in [1.29, 1.82) is 0 Å². The van der Waals surface area contributed by atoms with Crippen LogP contribution in [0.1, 0.15) is 44.3 Å². The van der Waals surface area contributed by atoms with Crippen LogP contribution in [-0.4, -0.2) is 37.0 Å². The highest BCUT2D eigenvalue weighted by atomic mass is 16.7. The van der Waals surface area contributed by atoms with Crippen molar-refractivity contribution >= 4 is 11.9 Å². The normalized spacial score (nSPS) is 47.9. The average molecular weight is 386 g/mol. The van der Waals surface area contributed by atoms with Gasteiger partial charge in [0.15, 0.2) is 11.9 Å². The van der Waals surface area contributed by atoms with Crippen molar-refractivity contribution in [2.24, 2.45) is 16.7 Å². The number of fused-ring (bicyclic) bond motifs is 1. The molecule has 5 aliphatic heterocycles. The molecule has 148 valence electrons. The van der Waals surface area contributed by atoms with Gasteiger partial charge in [-0.25, -0.2) is 9.59 Å². The number of hydrogen-bond donors (Lipinski definition) is 0. The Morgan fingerprint density at radius 1 is 1.32 bits per heavy atom. The van der Waals surface area contributed by atoms with Crippen molar-refractivity contribution in [3.05, 3.63) is 35.8 Å². The number of ether oxygens (including phenoxy) is 4. The van der Waals surface area contributed by atoms with E-state index in [9.17, 15) is 9.59 Å². The van der Waals surface area contributed by atoms with Gasteiger partial charge in [-0.2, -0.15) is 0 Å². The third-order valence-electron chi connectivity index (χ3n) is 8.06. The molecule has 2 aliphatic carbocycles. The molecule has 1 aromatic heterocycles. The molecule has 5 bridgehead atoms. The maximum atomic E-state index is 13.3. The van der Waals surface area contributed by atoms with Gasteiger partial charge < -0.3 is 23.4 Å².